The summed E-state index contributed by atoms with van der Waals surface area (Å²) in [5.74, 6) is -0.765. The number of aromatic amines is 1. The first kappa shape index (κ1) is 11.0. The topological polar surface area (TPSA) is 28.7 Å². The summed E-state index contributed by atoms with van der Waals surface area (Å²) >= 11 is 0. The molecular weight excluding hydrogens is 210 g/mol. The summed E-state index contributed by atoms with van der Waals surface area (Å²) in [6, 6.07) is 2.63. The number of benzene rings is 1. The van der Waals surface area contributed by atoms with Gasteiger partial charge in [0.2, 0.25) is 0 Å². The summed E-state index contributed by atoms with van der Waals surface area (Å²) in [7, 11) is 0. The molecule has 2 rings (SSSR count). The number of imidazole rings is 1. The molecule has 2 nitrogen and oxygen atoms in total. The SMILES string of the molecule is CCCC(C)c1nc2c(F)c(F)ccc2[nH]1. The molecule has 2 aromatic rings. The number of aromatic nitrogens is 2. The average Bonchev–Trinajstić information content (AvgIpc) is 2.69. The molecule has 1 N–H and O–H groups in total. The van der Waals surface area contributed by atoms with E-state index in [9.17, 15) is 8.78 Å². The lowest BCUT2D eigenvalue weighted by molar-refractivity contribution is 0.515. The summed E-state index contributed by atoms with van der Waals surface area (Å²) in [6.45, 7) is 4.11. The van der Waals surface area contributed by atoms with Gasteiger partial charge in [-0.2, -0.15) is 0 Å². The van der Waals surface area contributed by atoms with Gasteiger partial charge in [0.15, 0.2) is 11.6 Å². The van der Waals surface area contributed by atoms with Crippen molar-refractivity contribution >= 4 is 11.0 Å². The maximum absolute atomic E-state index is 13.4. The Bertz CT molecular complexity index is 505. The number of nitrogens with zero attached hydrogens (tertiary/aromatic N) is 1. The van der Waals surface area contributed by atoms with Crippen LogP contribution in [-0.4, -0.2) is 9.97 Å². The predicted molar refractivity (Wildman–Crippen MR) is 59.3 cm³/mol. The van der Waals surface area contributed by atoms with Crippen LogP contribution in [0.3, 0.4) is 0 Å². The molecule has 0 saturated heterocycles. The first-order chi connectivity index (χ1) is 7.63. The fraction of sp³-hybridized carbons (Fsp3) is 0.417. The molecule has 1 heterocycles. The Morgan fingerprint density at radius 3 is 2.81 bits per heavy atom. The van der Waals surface area contributed by atoms with E-state index in [1.807, 2.05) is 6.92 Å². The Morgan fingerprint density at radius 1 is 1.38 bits per heavy atom. The molecule has 0 aliphatic carbocycles. The minimum Gasteiger partial charge on any atom is -0.342 e. The summed E-state index contributed by atoms with van der Waals surface area (Å²) < 4.78 is 26.4. The van der Waals surface area contributed by atoms with Crippen LogP contribution in [0.4, 0.5) is 8.78 Å². The van der Waals surface area contributed by atoms with E-state index in [1.54, 1.807) is 0 Å². The Kier molecular flexibility index (Phi) is 2.90. The molecule has 0 aliphatic rings. The second-order valence-electron chi connectivity index (χ2n) is 4.07. The first-order valence-electron chi connectivity index (χ1n) is 5.47. The lowest BCUT2D eigenvalue weighted by Gasteiger charge is -2.04. The van der Waals surface area contributed by atoms with E-state index in [0.29, 0.717) is 5.52 Å². The van der Waals surface area contributed by atoms with Crippen LogP contribution in [0, 0.1) is 11.6 Å². The van der Waals surface area contributed by atoms with Gasteiger partial charge in [-0.1, -0.05) is 20.3 Å². The highest BCUT2D eigenvalue weighted by atomic mass is 19.2. The van der Waals surface area contributed by atoms with Crippen LogP contribution in [-0.2, 0) is 0 Å². The van der Waals surface area contributed by atoms with Gasteiger partial charge < -0.3 is 4.98 Å². The van der Waals surface area contributed by atoms with Crippen LogP contribution in [0.25, 0.3) is 11.0 Å². The number of hydrogen-bond donors (Lipinski definition) is 1. The largest absolute Gasteiger partial charge is 0.342 e. The van der Waals surface area contributed by atoms with Gasteiger partial charge in [-0.15, -0.1) is 0 Å². The summed E-state index contributed by atoms with van der Waals surface area (Å²) in [5.41, 5.74) is 0.648. The molecule has 4 heteroatoms. The van der Waals surface area contributed by atoms with Gasteiger partial charge in [0.25, 0.3) is 0 Å². The molecule has 16 heavy (non-hydrogen) atoms. The van der Waals surface area contributed by atoms with Crippen molar-refractivity contribution in [3.63, 3.8) is 0 Å². The van der Waals surface area contributed by atoms with E-state index in [4.69, 9.17) is 0 Å². The van der Waals surface area contributed by atoms with Gasteiger partial charge in [-0.25, -0.2) is 13.8 Å². The molecule has 0 amide bonds. The molecule has 1 aromatic carbocycles. The normalized spacial score (nSPS) is 13.2. The van der Waals surface area contributed by atoms with E-state index in [-0.39, 0.29) is 11.4 Å². The summed E-state index contributed by atoms with van der Waals surface area (Å²) in [6.07, 6.45) is 2.01. The Labute approximate surface area is 92.7 Å². The minimum absolute atomic E-state index is 0.0953. The molecule has 86 valence electrons. The van der Waals surface area contributed by atoms with Gasteiger partial charge in [0.1, 0.15) is 11.3 Å². The summed E-state index contributed by atoms with van der Waals surface area (Å²) in [4.78, 5) is 7.15. The Hall–Kier alpha value is -1.45. The fourth-order valence-electron chi connectivity index (χ4n) is 1.84. The van der Waals surface area contributed by atoms with Crippen molar-refractivity contribution in [3.8, 4) is 0 Å². The molecule has 0 spiro atoms. The molecule has 1 unspecified atom stereocenters. The van der Waals surface area contributed by atoms with Crippen molar-refractivity contribution in [1.82, 2.24) is 9.97 Å². The quantitative estimate of drug-likeness (QED) is 0.845. The van der Waals surface area contributed by atoms with Crippen LogP contribution >= 0.6 is 0 Å². The first-order valence-corrected chi connectivity index (χ1v) is 5.47. The van der Waals surface area contributed by atoms with Crippen molar-refractivity contribution in [2.24, 2.45) is 0 Å². The van der Waals surface area contributed by atoms with Crippen molar-refractivity contribution in [2.45, 2.75) is 32.6 Å². The number of fused-ring (bicyclic) bond motifs is 1. The number of halogens is 2. The molecule has 0 radical (unpaired) electrons. The monoisotopic (exact) mass is 224 g/mol. The zero-order valence-corrected chi connectivity index (χ0v) is 9.35. The highest BCUT2D eigenvalue weighted by Gasteiger charge is 2.14. The fourth-order valence-corrected chi connectivity index (χ4v) is 1.84. The van der Waals surface area contributed by atoms with Crippen molar-refractivity contribution < 1.29 is 8.78 Å². The van der Waals surface area contributed by atoms with Crippen LogP contribution in [0.2, 0.25) is 0 Å². The molecule has 0 fully saturated rings. The van der Waals surface area contributed by atoms with E-state index in [0.717, 1.165) is 24.7 Å². The third-order valence-corrected chi connectivity index (χ3v) is 2.75. The van der Waals surface area contributed by atoms with E-state index in [2.05, 4.69) is 16.9 Å². The molecule has 0 bridgehead atoms. The smallest absolute Gasteiger partial charge is 0.186 e. The average molecular weight is 224 g/mol. The van der Waals surface area contributed by atoms with Crippen LogP contribution in [0.1, 0.15) is 38.4 Å². The minimum atomic E-state index is -0.872. The molecule has 0 saturated carbocycles. The van der Waals surface area contributed by atoms with Crippen LogP contribution < -0.4 is 0 Å². The van der Waals surface area contributed by atoms with Gasteiger partial charge >= 0.3 is 0 Å². The zero-order valence-electron chi connectivity index (χ0n) is 9.35. The van der Waals surface area contributed by atoms with Gasteiger partial charge in [-0.05, 0) is 18.6 Å². The van der Waals surface area contributed by atoms with Gasteiger partial charge in [0.05, 0.1) is 5.52 Å². The van der Waals surface area contributed by atoms with E-state index < -0.39 is 11.6 Å². The maximum Gasteiger partial charge on any atom is 0.186 e. The standard InChI is InChI=1S/C12H14F2N2/c1-3-4-7(2)12-15-9-6-5-8(13)10(14)11(9)16-12/h5-7H,3-4H2,1-2H3,(H,15,16). The highest BCUT2D eigenvalue weighted by Crippen LogP contribution is 2.23. The number of nitrogens with one attached hydrogen (secondary N) is 1. The second-order valence-corrected chi connectivity index (χ2v) is 4.07. The maximum atomic E-state index is 13.4. The van der Waals surface area contributed by atoms with E-state index in [1.165, 1.54) is 6.07 Å². The third kappa shape index (κ3) is 1.79. The summed E-state index contributed by atoms with van der Waals surface area (Å²) in [5, 5.41) is 0. The van der Waals surface area contributed by atoms with Crippen molar-refractivity contribution in [3.05, 3.63) is 29.6 Å². The molecule has 1 atom stereocenters. The van der Waals surface area contributed by atoms with Crippen molar-refractivity contribution in [2.75, 3.05) is 0 Å². The number of H-pyrrole nitrogens is 1. The number of hydrogen-bond acceptors (Lipinski definition) is 1. The predicted octanol–water partition coefficient (Wildman–Crippen LogP) is 3.74. The van der Waals surface area contributed by atoms with Gasteiger partial charge in [-0.3, -0.25) is 0 Å². The van der Waals surface area contributed by atoms with Gasteiger partial charge in [0, 0.05) is 5.92 Å². The highest BCUT2D eigenvalue weighted by molar-refractivity contribution is 5.75. The van der Waals surface area contributed by atoms with E-state index >= 15 is 0 Å². The zero-order chi connectivity index (χ0) is 11.7. The second kappa shape index (κ2) is 4.20. The molecule has 1 aromatic heterocycles. The lowest BCUT2D eigenvalue weighted by atomic mass is 10.1. The van der Waals surface area contributed by atoms with Crippen LogP contribution in [0.15, 0.2) is 12.1 Å². The van der Waals surface area contributed by atoms with Crippen molar-refractivity contribution in [1.29, 1.82) is 0 Å². The van der Waals surface area contributed by atoms with Crippen LogP contribution in [0.5, 0.6) is 0 Å². The third-order valence-electron chi connectivity index (χ3n) is 2.75. The molecular formula is C12H14F2N2. The lowest BCUT2D eigenvalue weighted by Crippen LogP contribution is -1.95. The number of rotatable bonds is 3. The molecule has 0 aliphatic heterocycles. The Morgan fingerprint density at radius 2 is 2.12 bits per heavy atom. The Balaban J connectivity index is 2.48.